The predicted molar refractivity (Wildman–Crippen MR) is 122 cm³/mol. The highest BCUT2D eigenvalue weighted by Gasteiger charge is 2.36. The van der Waals surface area contributed by atoms with E-state index in [1.807, 2.05) is 20.8 Å². The molecule has 0 aliphatic carbocycles. The third kappa shape index (κ3) is 9.97. The van der Waals surface area contributed by atoms with Gasteiger partial charge >= 0.3 is 0 Å². The summed E-state index contributed by atoms with van der Waals surface area (Å²) in [5, 5.41) is 0. The normalized spacial score (nSPS) is 13.7. The standard InChI is InChI=1S/C22H44N4O5/c1-9-12-19(27)24(6)18(16-31-14-13-26(10-2)11-3)21(29)25(7)17(20(23)28)15-22(4,5)30-8/h17-18H,9-16H2,1-8H3,(H2,23,28)/t17-,18+/m0/s1. The van der Waals surface area contributed by atoms with Crippen LogP contribution in [0.1, 0.15) is 53.9 Å². The number of ether oxygens (including phenoxy) is 2. The predicted octanol–water partition coefficient (Wildman–Crippen LogP) is 1.10. The van der Waals surface area contributed by atoms with Crippen molar-refractivity contribution in [3.05, 3.63) is 0 Å². The highest BCUT2D eigenvalue weighted by molar-refractivity contribution is 5.91. The third-order valence-corrected chi connectivity index (χ3v) is 5.71. The second-order valence-electron chi connectivity index (χ2n) is 8.41. The van der Waals surface area contributed by atoms with Crippen LogP contribution >= 0.6 is 0 Å². The summed E-state index contributed by atoms with van der Waals surface area (Å²) in [6, 6.07) is -1.71. The summed E-state index contributed by atoms with van der Waals surface area (Å²) >= 11 is 0. The summed E-state index contributed by atoms with van der Waals surface area (Å²) in [5.74, 6) is -1.15. The van der Waals surface area contributed by atoms with Gasteiger partial charge in [-0.3, -0.25) is 14.4 Å². The fraction of sp³-hybridized carbons (Fsp3) is 0.864. The van der Waals surface area contributed by atoms with Gasteiger partial charge in [-0.2, -0.15) is 0 Å². The molecule has 0 unspecified atom stereocenters. The van der Waals surface area contributed by atoms with Crippen molar-refractivity contribution in [2.75, 3.05) is 54.1 Å². The molecule has 0 fully saturated rings. The van der Waals surface area contributed by atoms with Crippen LogP contribution in [0.4, 0.5) is 0 Å². The Kier molecular flexibility index (Phi) is 13.6. The van der Waals surface area contributed by atoms with E-state index in [0.29, 0.717) is 19.4 Å². The van der Waals surface area contributed by atoms with Crippen molar-refractivity contribution in [3.8, 4) is 0 Å². The molecule has 182 valence electrons. The SMILES string of the molecule is CCCC(=O)N(C)[C@H](COCCN(CC)CC)C(=O)N(C)[C@@H](CC(C)(C)OC)C(N)=O. The highest BCUT2D eigenvalue weighted by atomic mass is 16.5. The molecule has 0 bridgehead atoms. The summed E-state index contributed by atoms with van der Waals surface area (Å²) < 4.78 is 11.2. The van der Waals surface area contributed by atoms with E-state index in [4.69, 9.17) is 15.2 Å². The maximum atomic E-state index is 13.3. The molecule has 0 aliphatic rings. The monoisotopic (exact) mass is 444 g/mol. The van der Waals surface area contributed by atoms with E-state index in [0.717, 1.165) is 19.6 Å². The molecule has 31 heavy (non-hydrogen) atoms. The van der Waals surface area contributed by atoms with Gasteiger partial charge in [0.2, 0.25) is 17.7 Å². The number of amides is 3. The van der Waals surface area contributed by atoms with Crippen LogP contribution in [-0.4, -0.2) is 104 Å². The van der Waals surface area contributed by atoms with E-state index in [2.05, 4.69) is 18.7 Å². The number of primary amides is 1. The largest absolute Gasteiger partial charge is 0.379 e. The average Bonchev–Trinajstić information content (AvgIpc) is 2.73. The molecule has 3 amide bonds. The Morgan fingerprint density at radius 1 is 1.00 bits per heavy atom. The molecule has 0 aromatic carbocycles. The fourth-order valence-corrected chi connectivity index (χ4v) is 3.21. The maximum absolute atomic E-state index is 13.3. The van der Waals surface area contributed by atoms with Crippen molar-refractivity contribution in [3.63, 3.8) is 0 Å². The van der Waals surface area contributed by atoms with Gasteiger partial charge in [0.25, 0.3) is 0 Å². The molecule has 9 nitrogen and oxygen atoms in total. The van der Waals surface area contributed by atoms with Gasteiger partial charge in [0, 0.05) is 40.6 Å². The number of nitrogens with zero attached hydrogens (tertiary/aromatic N) is 3. The Bertz CT molecular complexity index is 566. The molecule has 0 heterocycles. The first-order chi connectivity index (χ1) is 14.4. The lowest BCUT2D eigenvalue weighted by molar-refractivity contribution is -0.150. The Balaban J connectivity index is 5.48. The minimum atomic E-state index is -0.865. The van der Waals surface area contributed by atoms with Crippen LogP contribution in [0, 0.1) is 0 Å². The van der Waals surface area contributed by atoms with Crippen LogP contribution in [0.2, 0.25) is 0 Å². The summed E-state index contributed by atoms with van der Waals surface area (Å²) in [4.78, 5) is 42.9. The minimum Gasteiger partial charge on any atom is -0.379 e. The van der Waals surface area contributed by atoms with Crippen molar-refractivity contribution in [1.29, 1.82) is 0 Å². The van der Waals surface area contributed by atoms with E-state index in [1.54, 1.807) is 14.2 Å². The van der Waals surface area contributed by atoms with Crippen molar-refractivity contribution >= 4 is 17.7 Å². The van der Waals surface area contributed by atoms with Gasteiger partial charge < -0.3 is 29.9 Å². The smallest absolute Gasteiger partial charge is 0.248 e. The molecule has 0 spiro atoms. The Hall–Kier alpha value is -1.71. The van der Waals surface area contributed by atoms with Gasteiger partial charge in [0.05, 0.1) is 18.8 Å². The number of nitrogens with two attached hydrogens (primary N) is 1. The third-order valence-electron chi connectivity index (χ3n) is 5.71. The molecule has 0 saturated carbocycles. The molecular formula is C22H44N4O5. The number of carbonyl (C=O) groups is 3. The van der Waals surface area contributed by atoms with E-state index in [1.165, 1.54) is 16.8 Å². The van der Waals surface area contributed by atoms with E-state index in [-0.39, 0.29) is 24.8 Å². The molecule has 2 atom stereocenters. The molecular weight excluding hydrogens is 400 g/mol. The van der Waals surface area contributed by atoms with E-state index in [9.17, 15) is 14.4 Å². The van der Waals surface area contributed by atoms with Gasteiger partial charge in [-0.25, -0.2) is 0 Å². The zero-order valence-corrected chi connectivity index (χ0v) is 20.8. The summed E-state index contributed by atoms with van der Waals surface area (Å²) in [7, 11) is 4.68. The zero-order chi connectivity index (χ0) is 24.2. The lowest BCUT2D eigenvalue weighted by atomic mass is 9.97. The van der Waals surface area contributed by atoms with Crippen LogP contribution < -0.4 is 5.73 Å². The van der Waals surface area contributed by atoms with Crippen molar-refractivity contribution < 1.29 is 23.9 Å². The molecule has 2 N–H and O–H groups in total. The minimum absolute atomic E-state index is 0.0511. The van der Waals surface area contributed by atoms with Crippen LogP contribution in [0.25, 0.3) is 0 Å². The number of methoxy groups -OCH3 is 1. The fourth-order valence-electron chi connectivity index (χ4n) is 3.21. The van der Waals surface area contributed by atoms with Crippen molar-refractivity contribution in [2.24, 2.45) is 5.73 Å². The number of carbonyl (C=O) groups excluding carboxylic acids is 3. The second-order valence-corrected chi connectivity index (χ2v) is 8.41. The second kappa shape index (κ2) is 14.4. The van der Waals surface area contributed by atoms with E-state index >= 15 is 0 Å². The van der Waals surface area contributed by atoms with Gasteiger partial charge in [0.1, 0.15) is 12.1 Å². The lowest BCUT2D eigenvalue weighted by Crippen LogP contribution is -2.56. The average molecular weight is 445 g/mol. The molecule has 0 aliphatic heterocycles. The first kappa shape index (κ1) is 29.3. The summed E-state index contributed by atoms with van der Waals surface area (Å²) in [5.41, 5.74) is 4.96. The maximum Gasteiger partial charge on any atom is 0.248 e. The molecule has 9 heteroatoms. The zero-order valence-electron chi connectivity index (χ0n) is 20.8. The summed E-state index contributed by atoms with van der Waals surface area (Å²) in [6.45, 7) is 12.8. The first-order valence-electron chi connectivity index (χ1n) is 11.1. The van der Waals surface area contributed by atoms with Crippen LogP contribution in [0.15, 0.2) is 0 Å². The van der Waals surface area contributed by atoms with Crippen molar-refractivity contribution in [2.45, 2.75) is 71.6 Å². The Morgan fingerprint density at radius 2 is 1.58 bits per heavy atom. The van der Waals surface area contributed by atoms with Crippen LogP contribution in [0.3, 0.4) is 0 Å². The molecule has 0 saturated heterocycles. The first-order valence-corrected chi connectivity index (χ1v) is 11.1. The molecule has 0 aromatic heterocycles. The number of hydrogen-bond donors (Lipinski definition) is 1. The molecule has 0 rings (SSSR count). The van der Waals surface area contributed by atoms with Gasteiger partial charge in [0.15, 0.2) is 0 Å². The van der Waals surface area contributed by atoms with Crippen LogP contribution in [-0.2, 0) is 23.9 Å². The van der Waals surface area contributed by atoms with Gasteiger partial charge in [-0.15, -0.1) is 0 Å². The number of rotatable bonds is 16. The van der Waals surface area contributed by atoms with Gasteiger partial charge in [-0.1, -0.05) is 20.8 Å². The van der Waals surface area contributed by atoms with E-state index < -0.39 is 23.6 Å². The quantitative estimate of drug-likeness (QED) is 0.357. The number of hydrogen-bond acceptors (Lipinski definition) is 6. The Labute approximate surface area is 188 Å². The van der Waals surface area contributed by atoms with Crippen molar-refractivity contribution in [1.82, 2.24) is 14.7 Å². The summed E-state index contributed by atoms with van der Waals surface area (Å²) in [6.07, 6.45) is 1.25. The van der Waals surface area contributed by atoms with Gasteiger partial charge in [-0.05, 0) is 33.4 Å². The lowest BCUT2D eigenvalue weighted by Gasteiger charge is -2.36. The molecule has 0 aromatic rings. The topological polar surface area (TPSA) is 105 Å². The molecule has 0 radical (unpaired) electrons. The Morgan fingerprint density at radius 3 is 2.03 bits per heavy atom. The van der Waals surface area contributed by atoms with Crippen LogP contribution in [0.5, 0.6) is 0 Å². The highest BCUT2D eigenvalue weighted by Crippen LogP contribution is 2.20. The number of likely N-dealkylation sites (N-methyl/N-ethyl adjacent to an activating group) is 3.